The van der Waals surface area contributed by atoms with Crippen LogP contribution in [0.5, 0.6) is 0 Å². The van der Waals surface area contributed by atoms with E-state index in [1.807, 2.05) is 11.8 Å². The average molecular weight is 407 g/mol. The van der Waals surface area contributed by atoms with E-state index in [0.29, 0.717) is 11.4 Å². The van der Waals surface area contributed by atoms with Crippen LogP contribution in [0.1, 0.15) is 50.3 Å². The largest absolute Gasteiger partial charge is 0.367 e. The molecule has 0 fully saturated rings. The molecule has 2 aromatic rings. The molecule has 0 aromatic heterocycles. The average Bonchev–Trinajstić information content (AvgIpc) is 3.10. The summed E-state index contributed by atoms with van der Waals surface area (Å²) in [5, 5.41) is 0.500. The van der Waals surface area contributed by atoms with Crippen molar-refractivity contribution in [2.24, 2.45) is 0 Å². The van der Waals surface area contributed by atoms with E-state index in [2.05, 4.69) is 100 Å². The molecule has 2 nitrogen and oxygen atoms in total. The van der Waals surface area contributed by atoms with Crippen LogP contribution >= 0.6 is 11.8 Å². The number of rotatable bonds is 5. The SMILES string of the molecule is CCCN1c2cc(C)c(C)cc2SC1C/C=C/C1N(C)c2ccccc2C1(C)C. The fourth-order valence-electron chi connectivity index (χ4n) is 4.95. The Balaban J connectivity index is 1.52. The molecule has 0 aliphatic carbocycles. The molecule has 0 saturated carbocycles. The van der Waals surface area contributed by atoms with Gasteiger partial charge in [0.2, 0.25) is 0 Å². The van der Waals surface area contributed by atoms with E-state index in [0.717, 1.165) is 13.0 Å². The number of fused-ring (bicyclic) bond motifs is 2. The Morgan fingerprint density at radius 3 is 2.52 bits per heavy atom. The van der Waals surface area contributed by atoms with Crippen molar-refractivity contribution in [3.05, 3.63) is 65.2 Å². The highest BCUT2D eigenvalue weighted by molar-refractivity contribution is 8.00. The molecule has 2 atom stereocenters. The minimum Gasteiger partial charge on any atom is -0.367 e. The molecule has 0 saturated heterocycles. The molecule has 0 bridgehead atoms. The first-order valence-corrected chi connectivity index (χ1v) is 11.8. The quantitative estimate of drug-likeness (QED) is 0.510. The van der Waals surface area contributed by atoms with Gasteiger partial charge < -0.3 is 9.80 Å². The van der Waals surface area contributed by atoms with Gasteiger partial charge in [-0.05, 0) is 61.6 Å². The van der Waals surface area contributed by atoms with Crippen molar-refractivity contribution >= 4 is 23.1 Å². The van der Waals surface area contributed by atoms with E-state index < -0.39 is 0 Å². The number of hydrogen-bond donors (Lipinski definition) is 0. The number of benzene rings is 2. The maximum absolute atomic E-state index is 2.62. The molecule has 0 amide bonds. The van der Waals surface area contributed by atoms with Crippen molar-refractivity contribution < 1.29 is 0 Å². The summed E-state index contributed by atoms with van der Waals surface area (Å²) in [7, 11) is 2.23. The number of thioether (sulfide) groups is 1. The van der Waals surface area contributed by atoms with Crippen molar-refractivity contribution in [3.8, 4) is 0 Å². The van der Waals surface area contributed by atoms with Crippen LogP contribution in [0.15, 0.2) is 53.4 Å². The fourth-order valence-corrected chi connectivity index (χ4v) is 6.34. The summed E-state index contributed by atoms with van der Waals surface area (Å²) in [5.74, 6) is 0. The highest BCUT2D eigenvalue weighted by atomic mass is 32.2. The Morgan fingerprint density at radius 1 is 1.07 bits per heavy atom. The predicted octanol–water partition coefficient (Wildman–Crippen LogP) is 6.69. The van der Waals surface area contributed by atoms with E-state index in [9.17, 15) is 0 Å². The first-order valence-electron chi connectivity index (χ1n) is 10.9. The van der Waals surface area contributed by atoms with Crippen LogP contribution in [-0.2, 0) is 5.41 Å². The molecule has 3 heteroatoms. The second-order valence-corrected chi connectivity index (χ2v) is 10.3. The Labute approximate surface area is 181 Å². The molecule has 29 heavy (non-hydrogen) atoms. The van der Waals surface area contributed by atoms with Crippen LogP contribution in [0, 0.1) is 13.8 Å². The third-order valence-electron chi connectivity index (χ3n) is 6.75. The van der Waals surface area contributed by atoms with Crippen LogP contribution < -0.4 is 9.80 Å². The van der Waals surface area contributed by atoms with Gasteiger partial charge in [-0.15, -0.1) is 0 Å². The molecular weight excluding hydrogens is 372 g/mol. The minimum atomic E-state index is 0.130. The number of aryl methyl sites for hydroxylation is 2. The third kappa shape index (κ3) is 3.48. The Bertz CT molecular complexity index is 930. The van der Waals surface area contributed by atoms with Gasteiger partial charge >= 0.3 is 0 Å². The standard InChI is InChI=1S/C26H34N2S/c1-7-15-28-22-16-18(2)19(3)17-23(22)29-25(28)14-10-13-24-26(4,5)20-11-8-9-12-21(20)27(24)6/h8-13,16-17,24-25H,7,14-15H2,1-6H3/b13-10+. The molecule has 2 aliphatic heterocycles. The first-order chi connectivity index (χ1) is 13.8. The zero-order valence-electron chi connectivity index (χ0n) is 18.7. The maximum atomic E-state index is 2.62. The van der Waals surface area contributed by atoms with Crippen LogP contribution in [-0.4, -0.2) is 25.0 Å². The summed E-state index contributed by atoms with van der Waals surface area (Å²) in [6.45, 7) is 12.6. The molecule has 0 radical (unpaired) electrons. The predicted molar refractivity (Wildman–Crippen MR) is 129 cm³/mol. The molecule has 0 spiro atoms. The number of nitrogens with zero attached hydrogens (tertiary/aromatic N) is 2. The lowest BCUT2D eigenvalue weighted by Crippen LogP contribution is -2.37. The normalized spacial score (nSPS) is 22.4. The zero-order chi connectivity index (χ0) is 20.8. The van der Waals surface area contributed by atoms with Gasteiger partial charge in [0.15, 0.2) is 0 Å². The number of para-hydroxylation sites is 1. The summed E-state index contributed by atoms with van der Waals surface area (Å²) in [6.07, 6.45) is 7.14. The van der Waals surface area contributed by atoms with Gasteiger partial charge in [0, 0.05) is 29.6 Å². The van der Waals surface area contributed by atoms with Crippen molar-refractivity contribution in [3.63, 3.8) is 0 Å². The van der Waals surface area contributed by atoms with Crippen molar-refractivity contribution in [2.45, 2.75) is 69.2 Å². The van der Waals surface area contributed by atoms with Crippen molar-refractivity contribution in [2.75, 3.05) is 23.4 Å². The molecule has 0 N–H and O–H groups in total. The highest BCUT2D eigenvalue weighted by Gasteiger charge is 2.41. The molecule has 2 heterocycles. The maximum Gasteiger partial charge on any atom is 0.0832 e. The first kappa shape index (κ1) is 20.4. The third-order valence-corrected chi connectivity index (χ3v) is 8.05. The Kier molecular flexibility index (Phi) is 5.46. The van der Waals surface area contributed by atoms with Crippen LogP contribution in [0.3, 0.4) is 0 Å². The summed E-state index contributed by atoms with van der Waals surface area (Å²) in [4.78, 5) is 6.51. The molecule has 4 rings (SSSR count). The number of hydrogen-bond acceptors (Lipinski definition) is 3. The van der Waals surface area contributed by atoms with Crippen LogP contribution in [0.25, 0.3) is 0 Å². The minimum absolute atomic E-state index is 0.130. The molecule has 2 aromatic carbocycles. The molecular formula is C26H34N2S. The van der Waals surface area contributed by atoms with Crippen LogP contribution in [0.2, 0.25) is 0 Å². The van der Waals surface area contributed by atoms with Gasteiger partial charge in [-0.1, -0.05) is 62.9 Å². The summed E-state index contributed by atoms with van der Waals surface area (Å²) >= 11 is 2.04. The topological polar surface area (TPSA) is 6.48 Å². The van der Waals surface area contributed by atoms with Gasteiger partial charge in [0.05, 0.1) is 17.1 Å². The lowest BCUT2D eigenvalue weighted by molar-refractivity contribution is 0.487. The van der Waals surface area contributed by atoms with E-state index in [4.69, 9.17) is 0 Å². The highest BCUT2D eigenvalue weighted by Crippen LogP contribution is 2.47. The lowest BCUT2D eigenvalue weighted by atomic mass is 9.80. The van der Waals surface area contributed by atoms with Gasteiger partial charge in [-0.25, -0.2) is 0 Å². The van der Waals surface area contributed by atoms with E-state index >= 15 is 0 Å². The van der Waals surface area contributed by atoms with E-state index in [-0.39, 0.29) is 5.41 Å². The molecule has 154 valence electrons. The van der Waals surface area contributed by atoms with E-state index in [1.54, 1.807) is 0 Å². The van der Waals surface area contributed by atoms with Crippen molar-refractivity contribution in [1.29, 1.82) is 0 Å². The Morgan fingerprint density at radius 2 is 1.79 bits per heavy atom. The van der Waals surface area contributed by atoms with Gasteiger partial charge in [-0.2, -0.15) is 0 Å². The second-order valence-electron chi connectivity index (χ2n) is 9.13. The van der Waals surface area contributed by atoms with E-state index in [1.165, 1.54) is 39.4 Å². The Hall–Kier alpha value is -1.87. The summed E-state index contributed by atoms with van der Waals surface area (Å²) < 4.78 is 0. The van der Waals surface area contributed by atoms with Crippen LogP contribution in [0.4, 0.5) is 11.4 Å². The monoisotopic (exact) mass is 406 g/mol. The van der Waals surface area contributed by atoms with Gasteiger partial charge in [0.25, 0.3) is 0 Å². The molecule has 2 unspecified atom stereocenters. The smallest absolute Gasteiger partial charge is 0.0832 e. The fraction of sp³-hybridized carbons (Fsp3) is 0.462. The van der Waals surface area contributed by atoms with Crippen molar-refractivity contribution in [1.82, 2.24) is 0 Å². The molecule has 2 aliphatic rings. The summed E-state index contributed by atoms with van der Waals surface area (Å²) in [5.41, 5.74) is 7.19. The zero-order valence-corrected chi connectivity index (χ0v) is 19.5. The number of anilines is 2. The number of likely N-dealkylation sites (N-methyl/N-ethyl adjacent to an activating group) is 1. The second kappa shape index (κ2) is 7.75. The van der Waals surface area contributed by atoms with Gasteiger partial charge in [-0.3, -0.25) is 0 Å². The summed E-state index contributed by atoms with van der Waals surface area (Å²) in [6, 6.07) is 14.0. The van der Waals surface area contributed by atoms with Gasteiger partial charge in [0.1, 0.15) is 0 Å². The lowest BCUT2D eigenvalue weighted by Gasteiger charge is -2.30.